The monoisotopic (exact) mass is 579 g/mol. The number of rotatable bonds is 9. The number of aliphatic imine (C=N–C) groups is 1. The van der Waals surface area contributed by atoms with Crippen LogP contribution in [0, 0.1) is 5.92 Å². The molecule has 1 aliphatic carbocycles. The van der Waals surface area contributed by atoms with Gasteiger partial charge in [0, 0.05) is 40.1 Å². The molecule has 1 aliphatic heterocycles. The molecule has 2 aromatic rings. The van der Waals surface area contributed by atoms with E-state index < -0.39 is 11.6 Å². The maximum atomic E-state index is 14.1. The number of nitrogens with one attached hydrogen (secondary N) is 1. The standard InChI is InChI=1S/C29H33Cl2N3O4.Na/c1-3-4-24(19-5-7-20(8-6-19)27(37)32-14-11-25(35)36)34-28(38)26(21-15-22(30)17-23(31)16-21)33-29(34)12-9-18(2)10-13-29;/h5-8,15-18,24H,3-4,9-14H2,1-2H3,(H,32,37)(H,35,36);/q;+1/p-1/t18?,24-,29?;/m1./s1. The van der Waals surface area contributed by atoms with E-state index in [0.29, 0.717) is 32.8 Å². The van der Waals surface area contributed by atoms with E-state index in [2.05, 4.69) is 19.2 Å². The Morgan fingerprint density at radius 1 is 1.13 bits per heavy atom. The van der Waals surface area contributed by atoms with E-state index in [0.717, 1.165) is 44.1 Å². The van der Waals surface area contributed by atoms with Crippen molar-refractivity contribution in [1.82, 2.24) is 10.2 Å². The van der Waals surface area contributed by atoms with Gasteiger partial charge >= 0.3 is 29.6 Å². The molecule has 4 rings (SSSR count). The van der Waals surface area contributed by atoms with Crippen LogP contribution in [0.15, 0.2) is 47.5 Å². The number of carbonyl (C=O) groups excluding carboxylic acids is 3. The van der Waals surface area contributed by atoms with Gasteiger partial charge in [-0.1, -0.05) is 55.6 Å². The number of amides is 2. The fraction of sp³-hybridized carbons (Fsp3) is 0.448. The van der Waals surface area contributed by atoms with Crippen molar-refractivity contribution >= 4 is 46.7 Å². The number of hydrogen-bond donors (Lipinski definition) is 1. The van der Waals surface area contributed by atoms with Gasteiger partial charge < -0.3 is 20.1 Å². The van der Waals surface area contributed by atoms with Crippen LogP contribution in [0.25, 0.3) is 0 Å². The zero-order valence-corrected chi connectivity index (χ0v) is 26.1. The molecule has 2 aromatic carbocycles. The first-order chi connectivity index (χ1) is 18.1. The van der Waals surface area contributed by atoms with E-state index in [1.54, 1.807) is 30.3 Å². The van der Waals surface area contributed by atoms with E-state index in [1.165, 1.54) is 0 Å². The molecule has 2 aliphatic rings. The van der Waals surface area contributed by atoms with Crippen molar-refractivity contribution in [2.24, 2.45) is 10.9 Å². The van der Waals surface area contributed by atoms with Crippen molar-refractivity contribution in [2.75, 3.05) is 6.54 Å². The quantitative estimate of drug-likeness (QED) is 0.459. The van der Waals surface area contributed by atoms with Crippen LogP contribution in [0.4, 0.5) is 0 Å². The van der Waals surface area contributed by atoms with Gasteiger partial charge in [-0.25, -0.2) is 0 Å². The van der Waals surface area contributed by atoms with E-state index >= 15 is 0 Å². The normalized spacial score (nSPS) is 21.3. The van der Waals surface area contributed by atoms with Crippen LogP contribution >= 0.6 is 23.2 Å². The van der Waals surface area contributed by atoms with Crippen molar-refractivity contribution in [2.45, 2.75) is 70.5 Å². The Morgan fingerprint density at radius 2 is 1.74 bits per heavy atom. The largest absolute Gasteiger partial charge is 1.00 e. The van der Waals surface area contributed by atoms with Crippen molar-refractivity contribution in [3.63, 3.8) is 0 Å². The van der Waals surface area contributed by atoms with E-state index in [4.69, 9.17) is 28.2 Å². The maximum Gasteiger partial charge on any atom is 1.00 e. The van der Waals surface area contributed by atoms with Gasteiger partial charge in [0.1, 0.15) is 11.4 Å². The Labute approximate surface area is 261 Å². The average Bonchev–Trinajstić information content (AvgIpc) is 3.15. The van der Waals surface area contributed by atoms with Gasteiger partial charge in [-0.2, -0.15) is 0 Å². The molecule has 0 bridgehead atoms. The summed E-state index contributed by atoms with van der Waals surface area (Å²) < 4.78 is 0. The van der Waals surface area contributed by atoms with Gasteiger partial charge in [0.2, 0.25) is 0 Å². The number of benzene rings is 2. The van der Waals surface area contributed by atoms with Gasteiger partial charge in [-0.05, 0) is 73.9 Å². The zero-order valence-electron chi connectivity index (χ0n) is 22.6. The third kappa shape index (κ3) is 7.25. The Hall–Kier alpha value is -1.90. The molecule has 1 atom stereocenters. The Bertz CT molecular complexity index is 1220. The number of nitrogens with zero attached hydrogens (tertiary/aromatic N) is 2. The minimum absolute atomic E-state index is 0. The minimum Gasteiger partial charge on any atom is -0.550 e. The average molecular weight is 580 g/mol. The predicted molar refractivity (Wildman–Crippen MR) is 146 cm³/mol. The molecule has 202 valence electrons. The summed E-state index contributed by atoms with van der Waals surface area (Å²) >= 11 is 12.6. The Balaban J connectivity index is 0.00000420. The number of carboxylic acid groups (broad SMARTS) is 1. The first-order valence-electron chi connectivity index (χ1n) is 13.1. The molecule has 0 unspecified atom stereocenters. The van der Waals surface area contributed by atoms with Gasteiger partial charge in [0.15, 0.2) is 0 Å². The summed E-state index contributed by atoms with van der Waals surface area (Å²) in [5.74, 6) is -1.15. The number of aliphatic carboxylic acids is 1. The van der Waals surface area contributed by atoms with Crippen LogP contribution < -0.4 is 40.0 Å². The number of carbonyl (C=O) groups is 3. The zero-order chi connectivity index (χ0) is 27.4. The summed E-state index contributed by atoms with van der Waals surface area (Å²) in [5.41, 5.74) is 1.70. The molecule has 1 fully saturated rings. The van der Waals surface area contributed by atoms with Gasteiger partial charge in [0.25, 0.3) is 11.8 Å². The fourth-order valence-electron chi connectivity index (χ4n) is 5.46. The summed E-state index contributed by atoms with van der Waals surface area (Å²) in [7, 11) is 0. The summed E-state index contributed by atoms with van der Waals surface area (Å²) in [6.45, 7) is 4.31. The molecule has 10 heteroatoms. The van der Waals surface area contributed by atoms with Crippen molar-refractivity contribution in [3.8, 4) is 0 Å². The van der Waals surface area contributed by atoms with Gasteiger partial charge in [-0.15, -0.1) is 0 Å². The molecular weight excluding hydrogens is 548 g/mol. The van der Waals surface area contributed by atoms with Crippen LogP contribution in [0.5, 0.6) is 0 Å². The molecule has 1 spiro atoms. The van der Waals surface area contributed by atoms with Crippen LogP contribution in [0.2, 0.25) is 10.0 Å². The molecule has 39 heavy (non-hydrogen) atoms. The minimum atomic E-state index is -1.22. The molecule has 7 nitrogen and oxygen atoms in total. The van der Waals surface area contributed by atoms with E-state index in [9.17, 15) is 19.5 Å². The molecule has 1 N–H and O–H groups in total. The van der Waals surface area contributed by atoms with Crippen LogP contribution in [-0.4, -0.2) is 40.6 Å². The van der Waals surface area contributed by atoms with Crippen molar-refractivity contribution < 1.29 is 49.0 Å². The Morgan fingerprint density at radius 3 is 2.31 bits per heavy atom. The molecule has 1 saturated carbocycles. The maximum absolute atomic E-state index is 14.1. The first-order valence-corrected chi connectivity index (χ1v) is 13.9. The summed E-state index contributed by atoms with van der Waals surface area (Å²) in [6.07, 6.45) is 4.83. The van der Waals surface area contributed by atoms with Gasteiger partial charge in [0.05, 0.1) is 6.04 Å². The number of halogens is 2. The number of carboxylic acids is 1. The third-order valence-corrected chi connectivity index (χ3v) is 7.88. The molecule has 0 saturated heterocycles. The van der Waals surface area contributed by atoms with E-state index in [-0.39, 0.29) is 60.4 Å². The van der Waals surface area contributed by atoms with Crippen LogP contribution in [0.1, 0.15) is 86.3 Å². The molecule has 1 heterocycles. The molecule has 0 aromatic heterocycles. The van der Waals surface area contributed by atoms with Crippen molar-refractivity contribution in [3.05, 3.63) is 69.2 Å². The molecule has 0 radical (unpaired) electrons. The summed E-state index contributed by atoms with van der Waals surface area (Å²) in [6, 6.07) is 12.0. The number of hydrogen-bond acceptors (Lipinski definition) is 5. The van der Waals surface area contributed by atoms with Crippen LogP contribution in [-0.2, 0) is 9.59 Å². The van der Waals surface area contributed by atoms with Crippen molar-refractivity contribution in [1.29, 1.82) is 0 Å². The SMILES string of the molecule is CCC[C@H](c1ccc(C(=O)NCCC(=O)[O-])cc1)N1C(=O)C(c2cc(Cl)cc(Cl)c2)=NC12CCC(C)CC2.[Na+]. The fourth-order valence-corrected chi connectivity index (χ4v) is 5.98. The second-order valence-electron chi connectivity index (χ2n) is 10.3. The topological polar surface area (TPSA) is 102 Å². The second-order valence-corrected chi connectivity index (χ2v) is 11.1. The van der Waals surface area contributed by atoms with E-state index in [1.807, 2.05) is 17.0 Å². The second kappa shape index (κ2) is 13.6. The predicted octanol–water partition coefficient (Wildman–Crippen LogP) is 1.95. The Kier molecular flexibility index (Phi) is 11.1. The van der Waals surface area contributed by atoms with Crippen LogP contribution in [0.3, 0.4) is 0 Å². The first kappa shape index (κ1) is 31.6. The summed E-state index contributed by atoms with van der Waals surface area (Å²) in [5, 5.41) is 14.1. The smallest absolute Gasteiger partial charge is 0.550 e. The third-order valence-electron chi connectivity index (χ3n) is 7.45. The van der Waals surface area contributed by atoms with Gasteiger partial charge in [-0.3, -0.25) is 14.6 Å². The molecular formula is C29H32Cl2N3NaO4. The summed E-state index contributed by atoms with van der Waals surface area (Å²) in [4.78, 5) is 44.2. The molecule has 2 amide bonds.